The number of carbonyl (C=O) groups is 1. The Morgan fingerprint density at radius 1 is 1.33 bits per heavy atom. The van der Waals surface area contributed by atoms with Crippen molar-refractivity contribution >= 4 is 38.7 Å². The second kappa shape index (κ2) is 5.61. The maximum atomic E-state index is 12.0. The van der Waals surface area contributed by atoms with Crippen molar-refractivity contribution in [3.05, 3.63) is 46.8 Å². The number of anilines is 1. The summed E-state index contributed by atoms with van der Waals surface area (Å²) in [5, 5.41) is 6.78. The smallest absolute Gasteiger partial charge is 0.230 e. The SMILES string of the molecule is Cn1cc(CC(=O)Nc2cnc3ccc(Br)cc3n2)cn1. The Balaban J connectivity index is 1.76. The van der Waals surface area contributed by atoms with Gasteiger partial charge in [-0.25, -0.2) is 4.98 Å². The lowest BCUT2D eigenvalue weighted by Crippen LogP contribution is -2.15. The Labute approximate surface area is 129 Å². The molecule has 106 valence electrons. The van der Waals surface area contributed by atoms with Crippen LogP contribution in [0.4, 0.5) is 5.82 Å². The third-order valence-corrected chi connectivity index (χ3v) is 3.39. The Bertz CT molecular complexity index is 814. The maximum absolute atomic E-state index is 12.0. The van der Waals surface area contributed by atoms with Gasteiger partial charge in [0.05, 0.1) is 29.8 Å². The molecule has 0 radical (unpaired) electrons. The molecular weight excluding hydrogens is 334 g/mol. The monoisotopic (exact) mass is 345 g/mol. The lowest BCUT2D eigenvalue weighted by Gasteiger charge is -2.04. The topological polar surface area (TPSA) is 72.7 Å². The number of carbonyl (C=O) groups excluding carboxylic acids is 1. The number of nitrogens with zero attached hydrogens (tertiary/aromatic N) is 4. The molecule has 0 bridgehead atoms. The first-order valence-electron chi connectivity index (χ1n) is 6.30. The fraction of sp³-hybridized carbons (Fsp3) is 0.143. The average Bonchev–Trinajstić information content (AvgIpc) is 2.83. The van der Waals surface area contributed by atoms with E-state index in [1.807, 2.05) is 31.4 Å². The van der Waals surface area contributed by atoms with E-state index in [-0.39, 0.29) is 12.3 Å². The van der Waals surface area contributed by atoms with E-state index in [0.717, 1.165) is 21.1 Å². The van der Waals surface area contributed by atoms with Crippen molar-refractivity contribution < 1.29 is 4.79 Å². The van der Waals surface area contributed by atoms with E-state index >= 15 is 0 Å². The summed E-state index contributed by atoms with van der Waals surface area (Å²) in [6.45, 7) is 0. The molecule has 0 saturated carbocycles. The lowest BCUT2D eigenvalue weighted by atomic mass is 10.2. The molecule has 0 fully saturated rings. The zero-order valence-corrected chi connectivity index (χ0v) is 12.8. The van der Waals surface area contributed by atoms with Crippen LogP contribution in [-0.2, 0) is 18.3 Å². The fourth-order valence-electron chi connectivity index (χ4n) is 1.98. The van der Waals surface area contributed by atoms with Crippen LogP contribution in [0.15, 0.2) is 41.3 Å². The summed E-state index contributed by atoms with van der Waals surface area (Å²) in [6, 6.07) is 5.63. The normalized spacial score (nSPS) is 10.8. The third-order valence-electron chi connectivity index (χ3n) is 2.89. The van der Waals surface area contributed by atoms with Gasteiger partial charge in [0, 0.05) is 17.7 Å². The van der Waals surface area contributed by atoms with E-state index in [4.69, 9.17) is 0 Å². The van der Waals surface area contributed by atoms with Crippen LogP contribution >= 0.6 is 15.9 Å². The van der Waals surface area contributed by atoms with Gasteiger partial charge in [-0.15, -0.1) is 0 Å². The molecule has 0 aliphatic carbocycles. The van der Waals surface area contributed by atoms with Gasteiger partial charge < -0.3 is 5.32 Å². The van der Waals surface area contributed by atoms with E-state index in [0.29, 0.717) is 5.82 Å². The number of aromatic nitrogens is 4. The molecule has 1 amide bonds. The van der Waals surface area contributed by atoms with Crippen LogP contribution in [0.25, 0.3) is 11.0 Å². The first kappa shape index (κ1) is 13.7. The molecule has 6 nitrogen and oxygen atoms in total. The minimum absolute atomic E-state index is 0.147. The Morgan fingerprint density at radius 3 is 2.95 bits per heavy atom. The molecule has 0 unspecified atom stereocenters. The van der Waals surface area contributed by atoms with E-state index < -0.39 is 0 Å². The van der Waals surface area contributed by atoms with Gasteiger partial charge in [0.15, 0.2) is 5.82 Å². The van der Waals surface area contributed by atoms with Gasteiger partial charge in [-0.2, -0.15) is 5.10 Å². The van der Waals surface area contributed by atoms with Gasteiger partial charge in [0.1, 0.15) is 0 Å². The Hall–Kier alpha value is -2.28. The van der Waals surface area contributed by atoms with Crippen LogP contribution in [0.1, 0.15) is 5.56 Å². The molecule has 1 aromatic carbocycles. The van der Waals surface area contributed by atoms with Crippen molar-refractivity contribution in [3.8, 4) is 0 Å². The second-order valence-corrected chi connectivity index (χ2v) is 5.55. The predicted molar refractivity (Wildman–Crippen MR) is 82.8 cm³/mol. The summed E-state index contributed by atoms with van der Waals surface area (Å²) in [6.07, 6.45) is 5.29. The number of fused-ring (bicyclic) bond motifs is 1. The summed E-state index contributed by atoms with van der Waals surface area (Å²) in [5.74, 6) is 0.293. The third kappa shape index (κ3) is 3.25. The van der Waals surface area contributed by atoms with Crippen LogP contribution in [0.3, 0.4) is 0 Å². The first-order chi connectivity index (χ1) is 10.1. The standard InChI is InChI=1S/C14H12BrN5O/c1-20-8-9(6-17-20)4-14(21)19-13-7-16-11-3-2-10(15)5-12(11)18-13/h2-3,5-8H,4H2,1H3,(H,18,19,21). The van der Waals surface area contributed by atoms with Crippen LogP contribution in [0.5, 0.6) is 0 Å². The lowest BCUT2D eigenvalue weighted by molar-refractivity contribution is -0.115. The van der Waals surface area contributed by atoms with Gasteiger partial charge in [0.2, 0.25) is 5.91 Å². The first-order valence-corrected chi connectivity index (χ1v) is 7.09. The molecule has 1 N–H and O–H groups in total. The zero-order chi connectivity index (χ0) is 14.8. The molecule has 0 spiro atoms. The van der Waals surface area contributed by atoms with Crippen LogP contribution in [0, 0.1) is 0 Å². The van der Waals surface area contributed by atoms with E-state index in [2.05, 4.69) is 36.3 Å². The zero-order valence-electron chi connectivity index (χ0n) is 11.2. The molecule has 0 aliphatic rings. The van der Waals surface area contributed by atoms with Crippen molar-refractivity contribution in [2.24, 2.45) is 7.05 Å². The molecule has 7 heteroatoms. The molecule has 21 heavy (non-hydrogen) atoms. The van der Waals surface area contributed by atoms with E-state index in [1.54, 1.807) is 17.1 Å². The van der Waals surface area contributed by atoms with Crippen LogP contribution in [-0.4, -0.2) is 25.7 Å². The summed E-state index contributed by atoms with van der Waals surface area (Å²) in [7, 11) is 1.81. The summed E-state index contributed by atoms with van der Waals surface area (Å²) < 4.78 is 2.58. The average molecular weight is 346 g/mol. The Kier molecular flexibility index (Phi) is 3.66. The predicted octanol–water partition coefficient (Wildman–Crippen LogP) is 2.31. The number of rotatable bonds is 3. The largest absolute Gasteiger partial charge is 0.309 e. The highest BCUT2D eigenvalue weighted by molar-refractivity contribution is 9.10. The number of hydrogen-bond acceptors (Lipinski definition) is 4. The highest BCUT2D eigenvalue weighted by Crippen LogP contribution is 2.17. The number of halogens is 1. The van der Waals surface area contributed by atoms with Gasteiger partial charge in [0.25, 0.3) is 0 Å². The molecular formula is C14H12BrN5O. The van der Waals surface area contributed by atoms with Crippen molar-refractivity contribution in [1.29, 1.82) is 0 Å². The number of nitrogens with one attached hydrogen (secondary N) is 1. The quantitative estimate of drug-likeness (QED) is 0.790. The molecule has 0 atom stereocenters. The fourth-order valence-corrected chi connectivity index (χ4v) is 2.33. The van der Waals surface area contributed by atoms with Crippen molar-refractivity contribution in [2.45, 2.75) is 6.42 Å². The van der Waals surface area contributed by atoms with Gasteiger partial charge in [-0.1, -0.05) is 15.9 Å². The summed E-state index contributed by atoms with van der Waals surface area (Å²) in [5.41, 5.74) is 2.36. The van der Waals surface area contributed by atoms with Crippen LogP contribution < -0.4 is 5.32 Å². The summed E-state index contributed by atoms with van der Waals surface area (Å²) >= 11 is 3.39. The van der Waals surface area contributed by atoms with Gasteiger partial charge in [-0.3, -0.25) is 14.5 Å². The molecule has 3 aromatic rings. The highest BCUT2D eigenvalue weighted by Gasteiger charge is 2.08. The highest BCUT2D eigenvalue weighted by atomic mass is 79.9. The summed E-state index contributed by atoms with van der Waals surface area (Å²) in [4.78, 5) is 20.6. The number of aryl methyl sites for hydroxylation is 1. The number of amides is 1. The van der Waals surface area contributed by atoms with Crippen LogP contribution in [0.2, 0.25) is 0 Å². The Morgan fingerprint density at radius 2 is 2.19 bits per heavy atom. The van der Waals surface area contributed by atoms with Crippen molar-refractivity contribution in [3.63, 3.8) is 0 Å². The molecule has 0 aliphatic heterocycles. The minimum Gasteiger partial charge on any atom is -0.309 e. The minimum atomic E-state index is -0.147. The van der Waals surface area contributed by atoms with E-state index in [1.165, 1.54) is 0 Å². The second-order valence-electron chi connectivity index (χ2n) is 4.64. The molecule has 3 rings (SSSR count). The van der Waals surface area contributed by atoms with Crippen molar-refractivity contribution in [2.75, 3.05) is 5.32 Å². The molecule has 2 heterocycles. The number of hydrogen-bond donors (Lipinski definition) is 1. The van der Waals surface area contributed by atoms with E-state index in [9.17, 15) is 4.79 Å². The van der Waals surface area contributed by atoms with Crippen molar-refractivity contribution in [1.82, 2.24) is 19.7 Å². The molecule has 2 aromatic heterocycles. The maximum Gasteiger partial charge on any atom is 0.230 e. The van der Waals surface area contributed by atoms with Gasteiger partial charge >= 0.3 is 0 Å². The molecule has 0 saturated heterocycles. The number of benzene rings is 1. The van der Waals surface area contributed by atoms with Gasteiger partial charge in [-0.05, 0) is 23.8 Å².